The first kappa shape index (κ1) is 13.8. The molecule has 0 aromatic heterocycles. The zero-order valence-electron chi connectivity index (χ0n) is 11.7. The van der Waals surface area contributed by atoms with Crippen LogP contribution >= 0.6 is 0 Å². The van der Waals surface area contributed by atoms with Gasteiger partial charge in [-0.15, -0.1) is 0 Å². The molecule has 0 heterocycles. The highest BCUT2D eigenvalue weighted by Crippen LogP contribution is 2.25. The minimum absolute atomic E-state index is 0.555. The summed E-state index contributed by atoms with van der Waals surface area (Å²) in [6, 6.07) is 9.36. The van der Waals surface area contributed by atoms with Crippen molar-refractivity contribution in [2.75, 3.05) is 4.90 Å². The lowest BCUT2D eigenvalue weighted by molar-refractivity contribution is 0.594. The summed E-state index contributed by atoms with van der Waals surface area (Å²) in [7, 11) is 0. The van der Waals surface area contributed by atoms with Crippen LogP contribution in [0.5, 0.6) is 0 Å². The molecule has 0 atom stereocenters. The lowest BCUT2D eigenvalue weighted by atomic mass is 10.1. The Morgan fingerprint density at radius 2 is 1.88 bits per heavy atom. The van der Waals surface area contributed by atoms with Crippen LogP contribution in [0.1, 0.15) is 46.1 Å². The molecule has 0 saturated heterocycles. The van der Waals surface area contributed by atoms with E-state index in [0.29, 0.717) is 6.04 Å². The van der Waals surface area contributed by atoms with Crippen LogP contribution in [-0.2, 0) is 6.42 Å². The molecule has 1 nitrogen and oxygen atoms in total. The molecule has 1 aromatic carbocycles. The largest absolute Gasteiger partial charge is 0.343 e. The van der Waals surface area contributed by atoms with Crippen molar-refractivity contribution in [1.29, 1.82) is 0 Å². The van der Waals surface area contributed by atoms with Gasteiger partial charge >= 0.3 is 0 Å². The van der Waals surface area contributed by atoms with Gasteiger partial charge in [0.2, 0.25) is 0 Å². The van der Waals surface area contributed by atoms with Crippen LogP contribution in [0.2, 0.25) is 0 Å². The average molecular weight is 231 g/mol. The van der Waals surface area contributed by atoms with E-state index in [9.17, 15) is 0 Å². The van der Waals surface area contributed by atoms with Gasteiger partial charge in [-0.25, -0.2) is 0 Å². The van der Waals surface area contributed by atoms with Gasteiger partial charge in [-0.1, -0.05) is 39.5 Å². The van der Waals surface area contributed by atoms with E-state index in [2.05, 4.69) is 63.4 Å². The Kier molecular flexibility index (Phi) is 5.27. The monoisotopic (exact) mass is 231 g/mol. The summed E-state index contributed by atoms with van der Waals surface area (Å²) in [5.41, 5.74) is 3.80. The summed E-state index contributed by atoms with van der Waals surface area (Å²) < 4.78 is 0. The van der Waals surface area contributed by atoms with Gasteiger partial charge < -0.3 is 4.90 Å². The summed E-state index contributed by atoms with van der Waals surface area (Å²) in [5, 5.41) is 0. The number of anilines is 1. The fourth-order valence-corrected chi connectivity index (χ4v) is 2.32. The predicted octanol–water partition coefficient (Wildman–Crippen LogP) is 4.78. The normalized spacial score (nSPS) is 10.6. The molecular weight excluding hydrogens is 206 g/mol. The zero-order valence-corrected chi connectivity index (χ0v) is 11.7. The molecule has 0 fully saturated rings. The SMILES string of the molecule is C=C(C)N(c1cccc(CC)c1)C(CC)CC. The molecule has 1 rings (SSSR count). The van der Waals surface area contributed by atoms with Gasteiger partial charge in [-0.3, -0.25) is 0 Å². The summed E-state index contributed by atoms with van der Waals surface area (Å²) in [4.78, 5) is 2.37. The third-order valence-corrected chi connectivity index (χ3v) is 3.32. The van der Waals surface area contributed by atoms with Crippen LogP contribution in [0, 0.1) is 0 Å². The van der Waals surface area contributed by atoms with E-state index in [1.54, 1.807) is 0 Å². The van der Waals surface area contributed by atoms with Crippen molar-refractivity contribution >= 4 is 5.69 Å². The molecule has 0 saturated carbocycles. The molecule has 1 heteroatoms. The Morgan fingerprint density at radius 1 is 1.24 bits per heavy atom. The fourth-order valence-electron chi connectivity index (χ4n) is 2.32. The molecule has 0 aliphatic heterocycles. The maximum atomic E-state index is 4.13. The summed E-state index contributed by atoms with van der Waals surface area (Å²) in [6.07, 6.45) is 3.39. The third-order valence-electron chi connectivity index (χ3n) is 3.32. The van der Waals surface area contributed by atoms with E-state index >= 15 is 0 Å². The van der Waals surface area contributed by atoms with Gasteiger partial charge in [-0.2, -0.15) is 0 Å². The number of hydrogen-bond donors (Lipinski definition) is 0. The maximum absolute atomic E-state index is 4.13. The summed E-state index contributed by atoms with van der Waals surface area (Å²) >= 11 is 0. The molecule has 1 aromatic rings. The van der Waals surface area contributed by atoms with Crippen molar-refractivity contribution in [2.45, 2.75) is 53.0 Å². The molecule has 0 aliphatic rings. The van der Waals surface area contributed by atoms with E-state index in [1.165, 1.54) is 11.3 Å². The zero-order chi connectivity index (χ0) is 12.8. The average Bonchev–Trinajstić information content (AvgIpc) is 2.35. The number of allylic oxidation sites excluding steroid dienone is 1. The molecule has 94 valence electrons. The highest BCUT2D eigenvalue weighted by atomic mass is 15.2. The Hall–Kier alpha value is -1.24. The van der Waals surface area contributed by atoms with Crippen LogP contribution in [0.15, 0.2) is 36.5 Å². The number of aryl methyl sites for hydroxylation is 1. The second-order valence-corrected chi connectivity index (χ2v) is 4.60. The highest BCUT2D eigenvalue weighted by Gasteiger charge is 2.16. The Labute approximate surface area is 106 Å². The highest BCUT2D eigenvalue weighted by molar-refractivity contribution is 5.54. The predicted molar refractivity (Wildman–Crippen MR) is 77.5 cm³/mol. The third kappa shape index (κ3) is 3.36. The first-order chi connectivity index (χ1) is 8.13. The molecule has 0 bridgehead atoms. The number of hydrogen-bond acceptors (Lipinski definition) is 1. The molecule has 0 N–H and O–H groups in total. The van der Waals surface area contributed by atoms with E-state index in [-0.39, 0.29) is 0 Å². The molecule has 0 spiro atoms. The first-order valence-corrected chi connectivity index (χ1v) is 6.67. The number of nitrogens with zero attached hydrogens (tertiary/aromatic N) is 1. The van der Waals surface area contributed by atoms with E-state index in [1.807, 2.05) is 0 Å². The van der Waals surface area contributed by atoms with Crippen molar-refractivity contribution in [1.82, 2.24) is 0 Å². The Balaban J connectivity index is 3.08. The van der Waals surface area contributed by atoms with Crippen molar-refractivity contribution in [2.24, 2.45) is 0 Å². The lowest BCUT2D eigenvalue weighted by Gasteiger charge is -2.33. The second kappa shape index (κ2) is 6.48. The van der Waals surface area contributed by atoms with Gasteiger partial charge in [0.25, 0.3) is 0 Å². The van der Waals surface area contributed by atoms with Crippen LogP contribution in [0.25, 0.3) is 0 Å². The maximum Gasteiger partial charge on any atom is 0.0413 e. The number of benzene rings is 1. The molecule has 0 amide bonds. The number of rotatable bonds is 6. The van der Waals surface area contributed by atoms with Crippen LogP contribution in [0.3, 0.4) is 0 Å². The van der Waals surface area contributed by atoms with Gasteiger partial charge in [-0.05, 0) is 43.9 Å². The molecule has 17 heavy (non-hydrogen) atoms. The Morgan fingerprint density at radius 3 is 2.35 bits per heavy atom. The lowest BCUT2D eigenvalue weighted by Crippen LogP contribution is -2.32. The van der Waals surface area contributed by atoms with E-state index in [0.717, 1.165) is 25.0 Å². The van der Waals surface area contributed by atoms with Crippen molar-refractivity contribution in [3.05, 3.63) is 42.1 Å². The van der Waals surface area contributed by atoms with E-state index in [4.69, 9.17) is 0 Å². The fraction of sp³-hybridized carbons (Fsp3) is 0.500. The topological polar surface area (TPSA) is 3.24 Å². The minimum atomic E-state index is 0.555. The van der Waals surface area contributed by atoms with Crippen molar-refractivity contribution < 1.29 is 0 Å². The van der Waals surface area contributed by atoms with E-state index < -0.39 is 0 Å². The molecule has 0 aliphatic carbocycles. The second-order valence-electron chi connectivity index (χ2n) is 4.60. The van der Waals surface area contributed by atoms with Crippen molar-refractivity contribution in [3.63, 3.8) is 0 Å². The summed E-state index contributed by atoms with van der Waals surface area (Å²) in [6.45, 7) is 12.9. The van der Waals surface area contributed by atoms with Gasteiger partial charge in [0, 0.05) is 17.4 Å². The smallest absolute Gasteiger partial charge is 0.0413 e. The van der Waals surface area contributed by atoms with Gasteiger partial charge in [0.05, 0.1) is 0 Å². The minimum Gasteiger partial charge on any atom is -0.343 e. The molecular formula is C16H25N. The standard InChI is InChI=1S/C16H25N/c1-6-14-10-9-11-16(12-14)17(13(4)5)15(7-2)8-3/h9-12,15H,4,6-8H2,1-3,5H3. The van der Waals surface area contributed by atoms with Crippen molar-refractivity contribution in [3.8, 4) is 0 Å². The van der Waals surface area contributed by atoms with Gasteiger partial charge in [0.1, 0.15) is 0 Å². The molecule has 0 radical (unpaired) electrons. The van der Waals surface area contributed by atoms with Crippen LogP contribution < -0.4 is 4.90 Å². The summed E-state index contributed by atoms with van der Waals surface area (Å²) in [5.74, 6) is 0. The molecule has 0 unspecified atom stereocenters. The van der Waals surface area contributed by atoms with Gasteiger partial charge in [0.15, 0.2) is 0 Å². The quantitative estimate of drug-likeness (QED) is 0.681. The van der Waals surface area contributed by atoms with Crippen LogP contribution in [-0.4, -0.2) is 6.04 Å². The first-order valence-electron chi connectivity index (χ1n) is 6.67. The Bertz CT molecular complexity index is 364. The van der Waals surface area contributed by atoms with Crippen LogP contribution in [0.4, 0.5) is 5.69 Å².